The topological polar surface area (TPSA) is 54.7 Å². The fraction of sp³-hybridized carbons (Fsp3) is 0.500. The van der Waals surface area contributed by atoms with E-state index in [2.05, 4.69) is 35.1 Å². The average molecular weight is 229 g/mol. The van der Waals surface area contributed by atoms with Crippen molar-refractivity contribution in [3.05, 3.63) is 29.6 Å². The van der Waals surface area contributed by atoms with Crippen molar-refractivity contribution in [1.82, 2.24) is 9.97 Å². The van der Waals surface area contributed by atoms with Crippen LogP contribution in [-0.2, 0) is 6.42 Å². The number of H-pyrrole nitrogens is 1. The Balaban J connectivity index is 1.90. The van der Waals surface area contributed by atoms with Gasteiger partial charge in [-0.15, -0.1) is 0 Å². The van der Waals surface area contributed by atoms with E-state index in [4.69, 9.17) is 5.73 Å². The maximum Gasteiger partial charge on any atom is 0.107 e. The van der Waals surface area contributed by atoms with Crippen LogP contribution in [0.5, 0.6) is 0 Å². The van der Waals surface area contributed by atoms with Gasteiger partial charge in [0.05, 0.1) is 11.0 Å². The van der Waals surface area contributed by atoms with Gasteiger partial charge in [-0.25, -0.2) is 4.98 Å². The van der Waals surface area contributed by atoms with Crippen molar-refractivity contribution in [3.63, 3.8) is 0 Å². The lowest BCUT2D eigenvalue weighted by Crippen LogP contribution is -2.39. The van der Waals surface area contributed by atoms with Crippen LogP contribution in [0, 0.1) is 12.3 Å². The minimum absolute atomic E-state index is 0.322. The fourth-order valence-electron chi connectivity index (χ4n) is 2.75. The molecule has 2 aromatic rings. The van der Waals surface area contributed by atoms with Crippen LogP contribution in [0.3, 0.4) is 0 Å². The summed E-state index contributed by atoms with van der Waals surface area (Å²) in [5.41, 5.74) is 9.70. The van der Waals surface area contributed by atoms with Gasteiger partial charge in [0.25, 0.3) is 0 Å². The molecule has 0 spiro atoms. The molecule has 0 radical (unpaired) electrons. The molecule has 0 aliphatic heterocycles. The zero-order valence-corrected chi connectivity index (χ0v) is 10.3. The van der Waals surface area contributed by atoms with Gasteiger partial charge >= 0.3 is 0 Å². The van der Waals surface area contributed by atoms with E-state index in [1.165, 1.54) is 24.8 Å². The summed E-state index contributed by atoms with van der Waals surface area (Å²) in [7, 11) is 0. The highest BCUT2D eigenvalue weighted by atomic mass is 14.9. The Morgan fingerprint density at radius 3 is 2.88 bits per heavy atom. The molecule has 0 bridgehead atoms. The molecule has 3 heteroatoms. The summed E-state index contributed by atoms with van der Waals surface area (Å²) in [4.78, 5) is 8.09. The molecule has 3 N–H and O–H groups in total. The van der Waals surface area contributed by atoms with Gasteiger partial charge in [0.15, 0.2) is 0 Å². The highest BCUT2D eigenvalue weighted by Crippen LogP contribution is 2.42. The van der Waals surface area contributed by atoms with Gasteiger partial charge in [-0.05, 0) is 49.4 Å². The van der Waals surface area contributed by atoms with E-state index >= 15 is 0 Å². The van der Waals surface area contributed by atoms with Crippen molar-refractivity contribution in [2.75, 3.05) is 6.54 Å². The molecular weight excluding hydrogens is 210 g/mol. The lowest BCUT2D eigenvalue weighted by molar-refractivity contribution is 0.142. The molecule has 1 heterocycles. The van der Waals surface area contributed by atoms with Crippen molar-refractivity contribution >= 4 is 11.0 Å². The first kappa shape index (κ1) is 10.8. The van der Waals surface area contributed by atoms with E-state index in [1.807, 2.05) is 0 Å². The number of hydrogen-bond donors (Lipinski definition) is 2. The Morgan fingerprint density at radius 1 is 1.41 bits per heavy atom. The Labute approximate surface area is 101 Å². The lowest BCUT2D eigenvalue weighted by Gasteiger charge is -2.40. The van der Waals surface area contributed by atoms with E-state index in [0.717, 1.165) is 29.8 Å². The molecule has 0 saturated heterocycles. The molecule has 0 unspecified atom stereocenters. The number of aromatic nitrogens is 2. The summed E-state index contributed by atoms with van der Waals surface area (Å²) in [5, 5.41) is 0. The second-order valence-corrected chi connectivity index (χ2v) is 5.44. The van der Waals surface area contributed by atoms with Crippen LogP contribution in [-0.4, -0.2) is 16.5 Å². The fourth-order valence-corrected chi connectivity index (χ4v) is 2.75. The lowest BCUT2D eigenvalue weighted by atomic mass is 9.66. The number of aryl methyl sites for hydroxylation is 1. The molecule has 1 aliphatic rings. The largest absolute Gasteiger partial charge is 0.342 e. The van der Waals surface area contributed by atoms with Gasteiger partial charge < -0.3 is 10.7 Å². The maximum atomic E-state index is 5.89. The van der Waals surface area contributed by atoms with E-state index < -0.39 is 0 Å². The van der Waals surface area contributed by atoms with Crippen molar-refractivity contribution in [1.29, 1.82) is 0 Å². The van der Waals surface area contributed by atoms with Crippen LogP contribution in [0.25, 0.3) is 11.0 Å². The summed E-state index contributed by atoms with van der Waals surface area (Å²) in [6.45, 7) is 2.89. The van der Waals surface area contributed by atoms with Crippen LogP contribution in [0.1, 0.15) is 30.7 Å². The third kappa shape index (κ3) is 1.84. The number of benzene rings is 1. The minimum atomic E-state index is 0.322. The zero-order chi connectivity index (χ0) is 11.9. The number of nitrogens with one attached hydrogen (secondary N) is 1. The van der Waals surface area contributed by atoms with Crippen LogP contribution in [0.2, 0.25) is 0 Å². The molecule has 3 nitrogen and oxygen atoms in total. The van der Waals surface area contributed by atoms with Crippen molar-refractivity contribution in [2.45, 2.75) is 32.6 Å². The molecule has 1 aliphatic carbocycles. The summed E-state index contributed by atoms with van der Waals surface area (Å²) in [5.74, 6) is 1.09. The third-order valence-electron chi connectivity index (χ3n) is 4.08. The molecule has 1 aromatic heterocycles. The second kappa shape index (κ2) is 3.84. The van der Waals surface area contributed by atoms with E-state index in [1.54, 1.807) is 0 Å². The number of nitrogens with zero attached hydrogens (tertiary/aromatic N) is 1. The van der Waals surface area contributed by atoms with Gasteiger partial charge in [0.1, 0.15) is 5.82 Å². The maximum absolute atomic E-state index is 5.89. The first-order chi connectivity index (χ1) is 8.21. The highest BCUT2D eigenvalue weighted by Gasteiger charge is 2.36. The number of nitrogens with two attached hydrogens (primary N) is 1. The number of rotatable bonds is 3. The van der Waals surface area contributed by atoms with Gasteiger partial charge in [0.2, 0.25) is 0 Å². The number of imidazole rings is 1. The monoisotopic (exact) mass is 229 g/mol. The molecular formula is C14H19N3. The number of hydrogen-bond acceptors (Lipinski definition) is 2. The molecule has 1 saturated carbocycles. The SMILES string of the molecule is Cc1ccc2nc(CC3(CN)CCC3)[nH]c2c1. The normalized spacial score (nSPS) is 18.2. The molecule has 0 atom stereocenters. The van der Waals surface area contributed by atoms with Crippen molar-refractivity contribution < 1.29 is 0 Å². The quantitative estimate of drug-likeness (QED) is 0.849. The van der Waals surface area contributed by atoms with Gasteiger partial charge in [0, 0.05) is 6.42 Å². The molecule has 1 aromatic carbocycles. The second-order valence-electron chi connectivity index (χ2n) is 5.44. The van der Waals surface area contributed by atoms with Crippen LogP contribution < -0.4 is 5.73 Å². The molecule has 17 heavy (non-hydrogen) atoms. The van der Waals surface area contributed by atoms with Gasteiger partial charge in [-0.2, -0.15) is 0 Å². The average Bonchev–Trinajstić information content (AvgIpc) is 2.65. The Bertz CT molecular complexity index is 532. The Hall–Kier alpha value is -1.35. The summed E-state index contributed by atoms with van der Waals surface area (Å²) < 4.78 is 0. The molecule has 3 rings (SSSR count). The minimum Gasteiger partial charge on any atom is -0.342 e. The summed E-state index contributed by atoms with van der Waals surface area (Å²) >= 11 is 0. The van der Waals surface area contributed by atoms with Crippen molar-refractivity contribution in [3.8, 4) is 0 Å². The molecule has 90 valence electrons. The molecule has 0 amide bonds. The van der Waals surface area contributed by atoms with Crippen LogP contribution in [0.4, 0.5) is 0 Å². The van der Waals surface area contributed by atoms with Crippen LogP contribution in [0.15, 0.2) is 18.2 Å². The third-order valence-corrected chi connectivity index (χ3v) is 4.08. The Kier molecular flexibility index (Phi) is 2.44. The standard InChI is InChI=1S/C14H19N3/c1-10-3-4-11-12(7-10)17-13(16-11)8-14(9-15)5-2-6-14/h3-4,7H,2,5-6,8-9,15H2,1H3,(H,16,17). The Morgan fingerprint density at radius 2 is 2.24 bits per heavy atom. The van der Waals surface area contributed by atoms with E-state index in [-0.39, 0.29) is 0 Å². The first-order valence-corrected chi connectivity index (χ1v) is 6.36. The van der Waals surface area contributed by atoms with E-state index in [9.17, 15) is 0 Å². The summed E-state index contributed by atoms with van der Waals surface area (Å²) in [6, 6.07) is 6.34. The molecule has 1 fully saturated rings. The predicted octanol–water partition coefficient (Wildman–Crippen LogP) is 2.54. The van der Waals surface area contributed by atoms with Gasteiger partial charge in [-0.1, -0.05) is 12.5 Å². The first-order valence-electron chi connectivity index (χ1n) is 6.36. The number of aromatic amines is 1. The van der Waals surface area contributed by atoms with Crippen LogP contribution >= 0.6 is 0 Å². The predicted molar refractivity (Wildman–Crippen MR) is 69.9 cm³/mol. The van der Waals surface area contributed by atoms with E-state index in [0.29, 0.717) is 5.41 Å². The smallest absolute Gasteiger partial charge is 0.107 e. The van der Waals surface area contributed by atoms with Gasteiger partial charge in [-0.3, -0.25) is 0 Å². The summed E-state index contributed by atoms with van der Waals surface area (Å²) in [6.07, 6.45) is 4.81. The zero-order valence-electron chi connectivity index (χ0n) is 10.3. The van der Waals surface area contributed by atoms with Crippen molar-refractivity contribution in [2.24, 2.45) is 11.1 Å². The number of fused-ring (bicyclic) bond motifs is 1. The highest BCUT2D eigenvalue weighted by molar-refractivity contribution is 5.75.